The van der Waals surface area contributed by atoms with Crippen molar-refractivity contribution in [1.82, 2.24) is 9.97 Å². The van der Waals surface area contributed by atoms with Gasteiger partial charge in [0.1, 0.15) is 11.9 Å². The molecule has 10 heteroatoms. The zero-order valence-electron chi connectivity index (χ0n) is 11.3. The Bertz CT molecular complexity index is 633. The largest absolute Gasteiger partial charge is 0.396 e. The molecule has 0 aromatic carbocycles. The first-order valence-corrected chi connectivity index (χ1v) is 8.27. The van der Waals surface area contributed by atoms with Crippen LogP contribution in [0.1, 0.15) is 6.42 Å². The van der Waals surface area contributed by atoms with Gasteiger partial charge < -0.3 is 15.5 Å². The molecule has 0 aliphatic carbocycles. The van der Waals surface area contributed by atoms with Crippen LogP contribution in [0.5, 0.6) is 0 Å². The minimum atomic E-state index is -1.51. The van der Waals surface area contributed by atoms with Gasteiger partial charge in [0.2, 0.25) is 0 Å². The molecule has 0 bridgehead atoms. The molecular weight excluding hydrogens is 328 g/mol. The van der Waals surface area contributed by atoms with Crippen LogP contribution in [0.15, 0.2) is 34.8 Å². The van der Waals surface area contributed by atoms with Gasteiger partial charge in [-0.3, -0.25) is 9.52 Å². The number of hydrogen-bond acceptors (Lipinski definition) is 7. The number of thiazole rings is 1. The summed E-state index contributed by atoms with van der Waals surface area (Å²) in [5.74, 6) is -0.437. The number of amides is 1. The van der Waals surface area contributed by atoms with Crippen molar-refractivity contribution < 1.29 is 19.2 Å². The van der Waals surface area contributed by atoms with Crippen LogP contribution in [0.25, 0.3) is 0 Å². The molecule has 22 heavy (non-hydrogen) atoms. The first kappa shape index (κ1) is 16.5. The van der Waals surface area contributed by atoms with Gasteiger partial charge in [0.05, 0.1) is 4.90 Å². The Labute approximate surface area is 132 Å². The van der Waals surface area contributed by atoms with E-state index in [0.29, 0.717) is 10.0 Å². The van der Waals surface area contributed by atoms with Crippen molar-refractivity contribution in [2.75, 3.05) is 16.6 Å². The van der Waals surface area contributed by atoms with Crippen molar-refractivity contribution in [1.29, 1.82) is 0 Å². The predicted octanol–water partition coefficient (Wildman–Crippen LogP) is 0.355. The number of aliphatic hydroxyl groups is 2. The highest BCUT2D eigenvalue weighted by atomic mass is 32.2. The fourth-order valence-electron chi connectivity index (χ4n) is 1.44. The topological polar surface area (TPSA) is 124 Å². The molecular formula is C12H14N4O4S2. The lowest BCUT2D eigenvalue weighted by atomic mass is 10.2. The number of aromatic nitrogens is 2. The van der Waals surface area contributed by atoms with Crippen LogP contribution in [0.3, 0.4) is 0 Å². The molecule has 0 saturated carbocycles. The molecule has 0 fully saturated rings. The summed E-state index contributed by atoms with van der Waals surface area (Å²) >= 11 is 1.32. The quantitative estimate of drug-likeness (QED) is 0.576. The molecule has 2 rings (SSSR count). The molecule has 2 heterocycles. The molecule has 2 aromatic heterocycles. The third kappa shape index (κ3) is 4.56. The van der Waals surface area contributed by atoms with E-state index >= 15 is 0 Å². The van der Waals surface area contributed by atoms with Gasteiger partial charge in [0, 0.05) is 30.8 Å². The van der Waals surface area contributed by atoms with Crippen LogP contribution in [0.2, 0.25) is 0 Å². The fraction of sp³-hybridized carbons (Fsp3) is 0.250. The summed E-state index contributed by atoms with van der Waals surface area (Å²) in [4.78, 5) is 19.9. The van der Waals surface area contributed by atoms with Gasteiger partial charge in [-0.25, -0.2) is 14.2 Å². The minimum Gasteiger partial charge on any atom is -0.396 e. The van der Waals surface area contributed by atoms with Crippen LogP contribution >= 0.6 is 11.3 Å². The summed E-state index contributed by atoms with van der Waals surface area (Å²) < 4.78 is 14.7. The van der Waals surface area contributed by atoms with E-state index in [1.165, 1.54) is 29.7 Å². The van der Waals surface area contributed by atoms with E-state index in [9.17, 15) is 14.1 Å². The van der Waals surface area contributed by atoms with Crippen LogP contribution in [-0.2, 0) is 15.8 Å². The third-order valence-corrected chi connectivity index (χ3v) is 4.39. The van der Waals surface area contributed by atoms with Gasteiger partial charge in [0.15, 0.2) is 16.1 Å². The van der Waals surface area contributed by atoms with Gasteiger partial charge in [-0.15, -0.1) is 11.3 Å². The maximum Gasteiger partial charge on any atom is 0.254 e. The molecule has 4 N–H and O–H groups in total. The molecule has 1 amide bonds. The summed E-state index contributed by atoms with van der Waals surface area (Å²) in [5, 5.41) is 22.7. The Hall–Kier alpha value is -1.88. The number of nitrogens with zero attached hydrogens (tertiary/aromatic N) is 2. The summed E-state index contributed by atoms with van der Waals surface area (Å²) in [6, 6.07) is 3.01. The monoisotopic (exact) mass is 342 g/mol. The maximum atomic E-state index is 12.0. The summed E-state index contributed by atoms with van der Waals surface area (Å²) in [6.45, 7) is -0.289. The van der Waals surface area contributed by atoms with Gasteiger partial charge in [0.25, 0.3) is 5.91 Å². The van der Waals surface area contributed by atoms with Gasteiger partial charge in [-0.05, 0) is 12.1 Å². The standard InChI is InChI=1S/C12H14N4O4S2/c17-5-3-9(18)11(19)15-10-2-1-8(7-14-10)22(20)16-12-13-4-6-21-12/h1-2,4,6-7,9,17-18H,3,5H2,(H,13,16)(H,14,15,19). The summed E-state index contributed by atoms with van der Waals surface area (Å²) in [5.41, 5.74) is 0. The van der Waals surface area contributed by atoms with Crippen molar-refractivity contribution in [2.45, 2.75) is 17.4 Å². The second kappa shape index (κ2) is 7.94. The molecule has 2 unspecified atom stereocenters. The molecule has 0 spiro atoms. The van der Waals surface area contributed by atoms with Gasteiger partial charge >= 0.3 is 0 Å². The molecule has 2 aromatic rings. The Morgan fingerprint density at radius 2 is 2.23 bits per heavy atom. The zero-order valence-corrected chi connectivity index (χ0v) is 12.9. The van der Waals surface area contributed by atoms with Crippen molar-refractivity contribution in [3.05, 3.63) is 29.9 Å². The van der Waals surface area contributed by atoms with Crippen LogP contribution < -0.4 is 10.0 Å². The van der Waals surface area contributed by atoms with E-state index in [-0.39, 0.29) is 18.8 Å². The molecule has 0 aliphatic rings. The number of aliphatic hydroxyl groups excluding tert-OH is 2. The number of pyridine rings is 1. The zero-order chi connectivity index (χ0) is 15.9. The molecule has 0 aliphatic heterocycles. The van der Waals surface area contributed by atoms with E-state index in [1.807, 2.05) is 0 Å². The molecule has 2 atom stereocenters. The first-order chi connectivity index (χ1) is 10.6. The number of carbonyl (C=O) groups is 1. The Morgan fingerprint density at radius 1 is 1.41 bits per heavy atom. The number of rotatable bonds is 7. The molecule has 118 valence electrons. The van der Waals surface area contributed by atoms with Gasteiger partial charge in [-0.2, -0.15) is 0 Å². The lowest BCUT2D eigenvalue weighted by Crippen LogP contribution is -2.28. The first-order valence-electron chi connectivity index (χ1n) is 6.24. The lowest BCUT2D eigenvalue weighted by molar-refractivity contribution is -0.124. The number of hydrogen-bond donors (Lipinski definition) is 4. The highest BCUT2D eigenvalue weighted by Crippen LogP contribution is 2.15. The third-order valence-electron chi connectivity index (χ3n) is 2.52. The van der Waals surface area contributed by atoms with Crippen molar-refractivity contribution in [2.24, 2.45) is 0 Å². The average Bonchev–Trinajstić information content (AvgIpc) is 3.01. The summed E-state index contributed by atoms with van der Waals surface area (Å²) in [7, 11) is -1.51. The Morgan fingerprint density at radius 3 is 2.82 bits per heavy atom. The average molecular weight is 342 g/mol. The second-order valence-corrected chi connectivity index (χ2v) is 6.21. The van der Waals surface area contributed by atoms with Crippen molar-refractivity contribution in [3.63, 3.8) is 0 Å². The van der Waals surface area contributed by atoms with E-state index in [4.69, 9.17) is 5.11 Å². The molecule has 0 radical (unpaired) electrons. The maximum absolute atomic E-state index is 12.0. The smallest absolute Gasteiger partial charge is 0.254 e. The van der Waals surface area contributed by atoms with Crippen LogP contribution in [-0.4, -0.2) is 43.0 Å². The Balaban J connectivity index is 1.95. The SMILES string of the molecule is O=C(Nc1ccc(S(=O)Nc2nccs2)cn1)C(O)CCO. The predicted molar refractivity (Wildman–Crippen MR) is 82.7 cm³/mol. The molecule has 0 saturated heterocycles. The normalized spacial score (nSPS) is 13.4. The van der Waals surface area contributed by atoms with E-state index < -0.39 is 23.0 Å². The second-order valence-electron chi connectivity index (χ2n) is 4.10. The summed E-state index contributed by atoms with van der Waals surface area (Å²) in [6.07, 6.45) is 1.60. The van der Waals surface area contributed by atoms with Crippen LogP contribution in [0, 0.1) is 0 Å². The highest BCUT2D eigenvalue weighted by molar-refractivity contribution is 7.86. The highest BCUT2D eigenvalue weighted by Gasteiger charge is 2.15. The van der Waals surface area contributed by atoms with E-state index in [1.54, 1.807) is 11.6 Å². The lowest BCUT2D eigenvalue weighted by Gasteiger charge is -2.09. The Kier molecular flexibility index (Phi) is 5.95. The van der Waals surface area contributed by atoms with E-state index in [2.05, 4.69) is 20.0 Å². The van der Waals surface area contributed by atoms with Crippen molar-refractivity contribution in [3.8, 4) is 0 Å². The molecule has 8 nitrogen and oxygen atoms in total. The number of carbonyl (C=O) groups excluding carboxylic acids is 1. The van der Waals surface area contributed by atoms with Crippen molar-refractivity contribution >= 4 is 39.2 Å². The van der Waals surface area contributed by atoms with Crippen LogP contribution in [0.4, 0.5) is 10.9 Å². The fourth-order valence-corrected chi connectivity index (χ4v) is 2.90. The van der Waals surface area contributed by atoms with Gasteiger partial charge in [-0.1, -0.05) is 0 Å². The number of anilines is 2. The minimum absolute atomic E-state index is 0.0499. The van der Waals surface area contributed by atoms with E-state index in [0.717, 1.165) is 0 Å². The number of nitrogens with one attached hydrogen (secondary N) is 2.